The molecule has 98 valence electrons. The average Bonchev–Trinajstić information content (AvgIpc) is 2.12. The largest absolute Gasteiger partial charge is 0.262 e. The van der Waals surface area contributed by atoms with Crippen molar-refractivity contribution >= 4 is 23.5 Å². The molecule has 0 spiro atoms. The predicted molar refractivity (Wildman–Crippen MR) is 80.2 cm³/mol. The van der Waals surface area contributed by atoms with Crippen molar-refractivity contribution in [3.8, 4) is 6.07 Å². The van der Waals surface area contributed by atoms with Crippen LogP contribution in [0.25, 0.3) is 0 Å². The number of pyridine rings is 1. The summed E-state index contributed by atoms with van der Waals surface area (Å²) in [5.41, 5.74) is 0.754. The number of hydrogen-bond donors (Lipinski definition) is 0. The molecule has 1 aromatic rings. The van der Waals surface area contributed by atoms with Crippen LogP contribution in [0, 0.1) is 11.3 Å². The summed E-state index contributed by atoms with van der Waals surface area (Å²) in [4.78, 5) is 6.21. The number of nitriles is 1. The molecule has 0 radical (unpaired) electrons. The number of aromatic nitrogens is 1. The Morgan fingerprint density at radius 2 is 1.33 bits per heavy atom. The zero-order valence-corrected chi connectivity index (χ0v) is 13.5. The first-order chi connectivity index (χ1) is 8.12. The fourth-order valence-corrected chi connectivity index (χ4v) is 3.47. The van der Waals surface area contributed by atoms with Gasteiger partial charge in [-0.1, -0.05) is 41.5 Å². The van der Waals surface area contributed by atoms with Crippen molar-refractivity contribution in [3.05, 3.63) is 18.0 Å². The molecule has 0 unspecified atom stereocenters. The van der Waals surface area contributed by atoms with Gasteiger partial charge in [0.2, 0.25) is 0 Å². The summed E-state index contributed by atoms with van der Waals surface area (Å²) in [6, 6.07) is 2.33. The third-order valence-corrected chi connectivity index (χ3v) is 4.10. The quantitative estimate of drug-likeness (QED) is 0.734. The Balaban J connectivity index is 3.16. The summed E-state index contributed by atoms with van der Waals surface area (Å²) in [6.07, 6.45) is 3.59. The van der Waals surface area contributed by atoms with Gasteiger partial charge in [-0.3, -0.25) is 4.98 Å². The molecule has 1 rings (SSSR count). The van der Waals surface area contributed by atoms with Gasteiger partial charge in [-0.25, -0.2) is 0 Å². The fraction of sp³-hybridized carbons (Fsp3) is 0.571. The monoisotopic (exact) mass is 280 g/mol. The van der Waals surface area contributed by atoms with Crippen molar-refractivity contribution in [3.63, 3.8) is 0 Å². The Hall–Kier alpha value is -0.660. The minimum atomic E-state index is 0.0816. The van der Waals surface area contributed by atoms with Gasteiger partial charge in [0.05, 0.1) is 5.56 Å². The summed E-state index contributed by atoms with van der Waals surface area (Å²) in [6.45, 7) is 12.8. The van der Waals surface area contributed by atoms with Crippen LogP contribution in [0.15, 0.2) is 22.2 Å². The highest BCUT2D eigenvalue weighted by Crippen LogP contribution is 2.39. The van der Waals surface area contributed by atoms with Gasteiger partial charge in [0.25, 0.3) is 0 Å². The molecule has 0 aliphatic rings. The van der Waals surface area contributed by atoms with Gasteiger partial charge in [-0.05, 0) is 0 Å². The Kier molecular flexibility index (Phi) is 4.74. The maximum absolute atomic E-state index is 9.39. The van der Waals surface area contributed by atoms with E-state index in [1.165, 1.54) is 0 Å². The highest BCUT2D eigenvalue weighted by Gasteiger charge is 2.20. The van der Waals surface area contributed by atoms with Crippen LogP contribution < -0.4 is 0 Å². The highest BCUT2D eigenvalue weighted by atomic mass is 32.2. The lowest BCUT2D eigenvalue weighted by Gasteiger charge is -2.21. The van der Waals surface area contributed by atoms with E-state index in [4.69, 9.17) is 0 Å². The molecular weight excluding hydrogens is 260 g/mol. The van der Waals surface area contributed by atoms with Crippen LogP contribution in [0.4, 0.5) is 0 Å². The Labute approximate surface area is 119 Å². The van der Waals surface area contributed by atoms with Crippen molar-refractivity contribution in [1.82, 2.24) is 4.98 Å². The van der Waals surface area contributed by atoms with E-state index in [2.05, 4.69) is 52.6 Å². The molecule has 0 amide bonds. The summed E-state index contributed by atoms with van der Waals surface area (Å²) in [5.74, 6) is 0. The molecule has 0 saturated carbocycles. The molecule has 1 aromatic heterocycles. The lowest BCUT2D eigenvalue weighted by Crippen LogP contribution is -2.10. The van der Waals surface area contributed by atoms with Crippen molar-refractivity contribution in [2.24, 2.45) is 0 Å². The van der Waals surface area contributed by atoms with Gasteiger partial charge >= 0.3 is 0 Å². The average molecular weight is 280 g/mol. The number of rotatable bonds is 2. The molecular formula is C14H20N2S2. The lowest BCUT2D eigenvalue weighted by molar-refractivity contribution is 0.798. The highest BCUT2D eigenvalue weighted by molar-refractivity contribution is 8.01. The summed E-state index contributed by atoms with van der Waals surface area (Å²) in [7, 11) is 0. The molecule has 0 bridgehead atoms. The molecule has 1 heterocycles. The van der Waals surface area contributed by atoms with Crippen LogP contribution in [0.2, 0.25) is 0 Å². The Morgan fingerprint density at radius 3 is 1.61 bits per heavy atom. The topological polar surface area (TPSA) is 36.7 Å². The third kappa shape index (κ3) is 4.91. The molecule has 0 N–H and O–H groups in total. The molecule has 0 aliphatic carbocycles. The van der Waals surface area contributed by atoms with Crippen molar-refractivity contribution in [2.75, 3.05) is 0 Å². The second-order valence-electron chi connectivity index (χ2n) is 6.05. The van der Waals surface area contributed by atoms with E-state index < -0.39 is 0 Å². The van der Waals surface area contributed by atoms with Crippen LogP contribution >= 0.6 is 23.5 Å². The third-order valence-electron chi connectivity index (χ3n) is 1.82. The zero-order valence-electron chi connectivity index (χ0n) is 11.9. The number of hydrogen-bond acceptors (Lipinski definition) is 4. The van der Waals surface area contributed by atoms with E-state index in [1.807, 2.05) is 0 Å². The van der Waals surface area contributed by atoms with Crippen LogP contribution in [-0.2, 0) is 0 Å². The second kappa shape index (κ2) is 5.54. The second-order valence-corrected chi connectivity index (χ2v) is 9.79. The fourth-order valence-electron chi connectivity index (χ4n) is 1.35. The van der Waals surface area contributed by atoms with Gasteiger partial charge in [-0.15, -0.1) is 23.5 Å². The molecule has 0 aromatic carbocycles. The first-order valence-electron chi connectivity index (χ1n) is 5.88. The van der Waals surface area contributed by atoms with E-state index in [9.17, 15) is 5.26 Å². The van der Waals surface area contributed by atoms with Crippen molar-refractivity contribution in [1.29, 1.82) is 5.26 Å². The Bertz CT molecular complexity index is 428. The predicted octanol–water partition coefficient (Wildman–Crippen LogP) is 4.73. The molecule has 0 atom stereocenters. The van der Waals surface area contributed by atoms with Gasteiger partial charge in [0.1, 0.15) is 6.07 Å². The van der Waals surface area contributed by atoms with Crippen molar-refractivity contribution in [2.45, 2.75) is 60.8 Å². The minimum Gasteiger partial charge on any atom is -0.262 e. The maximum atomic E-state index is 9.39. The molecule has 0 aliphatic heterocycles. The smallest absolute Gasteiger partial charge is 0.102 e. The molecule has 4 heteroatoms. The van der Waals surface area contributed by atoms with Gasteiger partial charge < -0.3 is 0 Å². The van der Waals surface area contributed by atoms with E-state index in [1.54, 1.807) is 35.9 Å². The van der Waals surface area contributed by atoms with E-state index in [0.717, 1.165) is 15.4 Å². The summed E-state index contributed by atoms with van der Waals surface area (Å²) < 4.78 is 0.163. The SMILES string of the molecule is CC(C)(C)Sc1cncc(SC(C)(C)C)c1C#N. The maximum Gasteiger partial charge on any atom is 0.102 e. The lowest BCUT2D eigenvalue weighted by atomic mass is 10.2. The first-order valence-corrected chi connectivity index (χ1v) is 7.52. The van der Waals surface area contributed by atoms with E-state index in [0.29, 0.717) is 0 Å². The van der Waals surface area contributed by atoms with Gasteiger partial charge in [0.15, 0.2) is 0 Å². The summed E-state index contributed by atoms with van der Waals surface area (Å²) >= 11 is 3.39. The number of thioether (sulfide) groups is 2. The van der Waals surface area contributed by atoms with Gasteiger partial charge in [-0.2, -0.15) is 5.26 Å². The van der Waals surface area contributed by atoms with Crippen LogP contribution in [-0.4, -0.2) is 14.5 Å². The molecule has 2 nitrogen and oxygen atoms in total. The molecule has 18 heavy (non-hydrogen) atoms. The minimum absolute atomic E-state index is 0.0816. The van der Waals surface area contributed by atoms with Crippen LogP contribution in [0.1, 0.15) is 47.1 Å². The zero-order chi connectivity index (χ0) is 14.0. The van der Waals surface area contributed by atoms with E-state index in [-0.39, 0.29) is 9.49 Å². The Morgan fingerprint density at radius 1 is 0.944 bits per heavy atom. The number of nitrogens with zero attached hydrogens (tertiary/aromatic N) is 2. The normalized spacial score (nSPS) is 12.3. The first kappa shape index (κ1) is 15.4. The van der Waals surface area contributed by atoms with E-state index >= 15 is 0 Å². The molecule has 0 fully saturated rings. The summed E-state index contributed by atoms with van der Waals surface area (Å²) in [5, 5.41) is 9.39. The van der Waals surface area contributed by atoms with Crippen LogP contribution in [0.3, 0.4) is 0 Å². The standard InChI is InChI=1S/C14H20N2S2/c1-13(2,3)17-11-8-16-9-12(10(11)7-15)18-14(4,5)6/h8-9H,1-6H3. The van der Waals surface area contributed by atoms with Gasteiger partial charge in [0, 0.05) is 31.7 Å². The van der Waals surface area contributed by atoms with Crippen LogP contribution in [0.5, 0.6) is 0 Å². The molecule has 0 saturated heterocycles. The van der Waals surface area contributed by atoms with Crippen molar-refractivity contribution < 1.29 is 0 Å².